The average Bonchev–Trinajstić information content (AvgIpc) is 2.84. The van der Waals surface area contributed by atoms with E-state index in [9.17, 15) is 14.7 Å². The Labute approximate surface area is 136 Å². The van der Waals surface area contributed by atoms with Crippen LogP contribution in [0.15, 0.2) is 18.3 Å². The van der Waals surface area contributed by atoms with E-state index in [0.29, 0.717) is 31.9 Å². The fourth-order valence-electron chi connectivity index (χ4n) is 3.64. The van der Waals surface area contributed by atoms with Gasteiger partial charge in [-0.25, -0.2) is 0 Å². The minimum absolute atomic E-state index is 0.0545. The summed E-state index contributed by atoms with van der Waals surface area (Å²) in [5.74, 6) is -1.04. The Morgan fingerprint density at radius 1 is 1.13 bits per heavy atom. The highest BCUT2D eigenvalue weighted by molar-refractivity contribution is 5.92. The predicted molar refractivity (Wildman–Crippen MR) is 85.3 cm³/mol. The van der Waals surface area contributed by atoms with Crippen LogP contribution in [-0.4, -0.2) is 88.6 Å². The van der Waals surface area contributed by atoms with Gasteiger partial charge in [0.1, 0.15) is 5.69 Å². The van der Waals surface area contributed by atoms with Gasteiger partial charge in [0.25, 0.3) is 5.91 Å². The van der Waals surface area contributed by atoms with Crippen LogP contribution < -0.4 is 0 Å². The van der Waals surface area contributed by atoms with Crippen molar-refractivity contribution in [3.8, 4) is 0 Å². The highest BCUT2D eigenvalue weighted by Gasteiger charge is 2.36. The lowest BCUT2D eigenvalue weighted by Gasteiger charge is -2.41. The molecular weight excluding hydrogens is 296 g/mol. The maximum absolute atomic E-state index is 12.7. The number of amides is 1. The monoisotopic (exact) mass is 320 g/mol. The molecule has 2 aliphatic heterocycles. The van der Waals surface area contributed by atoms with Crippen molar-refractivity contribution in [3.63, 3.8) is 0 Å². The third-order valence-corrected chi connectivity index (χ3v) is 4.91. The van der Waals surface area contributed by atoms with Gasteiger partial charge in [0.15, 0.2) is 0 Å². The van der Waals surface area contributed by atoms with Crippen molar-refractivity contribution in [2.45, 2.75) is 6.04 Å². The molecule has 1 aromatic rings. The van der Waals surface area contributed by atoms with Gasteiger partial charge in [-0.1, -0.05) is 0 Å². The number of carbonyl (C=O) groups excluding carboxylic acids is 1. The molecule has 2 saturated heterocycles. The zero-order chi connectivity index (χ0) is 16.6. The average molecular weight is 320 g/mol. The van der Waals surface area contributed by atoms with Crippen molar-refractivity contribution >= 4 is 11.9 Å². The third kappa shape index (κ3) is 3.25. The quantitative estimate of drug-likeness (QED) is 0.817. The molecular formula is C16H24N4O3. The molecule has 7 heteroatoms. The first-order valence-corrected chi connectivity index (χ1v) is 8.01. The van der Waals surface area contributed by atoms with E-state index in [-0.39, 0.29) is 17.9 Å². The number of carboxylic acid groups (broad SMARTS) is 1. The van der Waals surface area contributed by atoms with Crippen LogP contribution in [0.5, 0.6) is 0 Å². The molecule has 0 aromatic carbocycles. The highest BCUT2D eigenvalue weighted by atomic mass is 16.4. The topological polar surface area (TPSA) is 69.0 Å². The molecule has 0 saturated carbocycles. The van der Waals surface area contributed by atoms with E-state index in [0.717, 1.165) is 13.1 Å². The van der Waals surface area contributed by atoms with Crippen molar-refractivity contribution < 1.29 is 14.7 Å². The molecule has 126 valence electrons. The number of hydrogen-bond acceptors (Lipinski definition) is 4. The first-order chi connectivity index (χ1) is 11.0. The number of likely N-dealkylation sites (N-methyl/N-ethyl adjacent to an activating group) is 1. The number of hydrogen-bond donors (Lipinski definition) is 1. The Hall–Kier alpha value is -1.86. The van der Waals surface area contributed by atoms with Crippen LogP contribution in [0.1, 0.15) is 10.5 Å². The molecule has 0 bridgehead atoms. The Balaban J connectivity index is 1.71. The molecule has 0 unspecified atom stereocenters. The van der Waals surface area contributed by atoms with Crippen molar-refractivity contribution in [3.05, 3.63) is 24.0 Å². The molecule has 2 atom stereocenters. The first kappa shape index (κ1) is 16.0. The van der Waals surface area contributed by atoms with Gasteiger partial charge in [-0.3, -0.25) is 14.5 Å². The predicted octanol–water partition coefficient (Wildman–Crippen LogP) is -0.202. The van der Waals surface area contributed by atoms with E-state index in [1.54, 1.807) is 0 Å². The van der Waals surface area contributed by atoms with Gasteiger partial charge in [0.05, 0.1) is 5.92 Å². The summed E-state index contributed by atoms with van der Waals surface area (Å²) in [4.78, 5) is 30.2. The molecule has 7 nitrogen and oxygen atoms in total. The summed E-state index contributed by atoms with van der Waals surface area (Å²) in [7, 11) is 3.83. The van der Waals surface area contributed by atoms with Crippen LogP contribution in [0, 0.1) is 5.92 Å². The lowest BCUT2D eigenvalue weighted by molar-refractivity contribution is -0.142. The van der Waals surface area contributed by atoms with E-state index in [4.69, 9.17) is 0 Å². The lowest BCUT2D eigenvalue weighted by Crippen LogP contribution is -2.57. The molecule has 3 rings (SSSR count). The fraction of sp³-hybridized carbons (Fsp3) is 0.625. The number of carboxylic acids is 1. The Morgan fingerprint density at radius 3 is 2.57 bits per heavy atom. The molecule has 0 aliphatic carbocycles. The van der Waals surface area contributed by atoms with E-state index in [1.165, 1.54) is 0 Å². The number of rotatable bonds is 2. The molecule has 1 N–H and O–H groups in total. The van der Waals surface area contributed by atoms with Gasteiger partial charge < -0.3 is 19.5 Å². The summed E-state index contributed by atoms with van der Waals surface area (Å²) in [5.41, 5.74) is 0.698. The van der Waals surface area contributed by atoms with Gasteiger partial charge in [0.2, 0.25) is 0 Å². The van der Waals surface area contributed by atoms with Gasteiger partial charge in [-0.2, -0.15) is 0 Å². The van der Waals surface area contributed by atoms with Crippen LogP contribution in [0.25, 0.3) is 0 Å². The second-order valence-electron chi connectivity index (χ2n) is 6.66. The number of aryl methyl sites for hydroxylation is 1. The Bertz CT molecular complexity index is 600. The Kier molecular flexibility index (Phi) is 4.41. The molecule has 0 radical (unpaired) electrons. The zero-order valence-corrected chi connectivity index (χ0v) is 13.7. The first-order valence-electron chi connectivity index (χ1n) is 8.01. The molecule has 23 heavy (non-hydrogen) atoms. The number of nitrogens with zero attached hydrogens (tertiary/aromatic N) is 4. The molecule has 0 spiro atoms. The van der Waals surface area contributed by atoms with Gasteiger partial charge in [-0.15, -0.1) is 0 Å². The summed E-state index contributed by atoms with van der Waals surface area (Å²) >= 11 is 0. The van der Waals surface area contributed by atoms with Crippen molar-refractivity contribution in [1.82, 2.24) is 19.3 Å². The van der Waals surface area contributed by atoms with E-state index < -0.39 is 5.97 Å². The minimum Gasteiger partial charge on any atom is -0.481 e. The van der Waals surface area contributed by atoms with Crippen molar-refractivity contribution in [2.24, 2.45) is 13.0 Å². The van der Waals surface area contributed by atoms with E-state index in [1.807, 2.05) is 41.9 Å². The lowest BCUT2D eigenvalue weighted by atomic mass is 10.1. The molecule has 1 aromatic heterocycles. The van der Waals surface area contributed by atoms with Crippen molar-refractivity contribution in [2.75, 3.05) is 46.3 Å². The fourth-order valence-corrected chi connectivity index (χ4v) is 3.64. The maximum atomic E-state index is 12.7. The number of aromatic nitrogens is 1. The smallest absolute Gasteiger partial charge is 0.309 e. The van der Waals surface area contributed by atoms with E-state index >= 15 is 0 Å². The number of carbonyl (C=O) groups is 2. The van der Waals surface area contributed by atoms with E-state index in [2.05, 4.69) is 9.80 Å². The van der Waals surface area contributed by atoms with Gasteiger partial charge in [-0.05, 0) is 19.2 Å². The summed E-state index contributed by atoms with van der Waals surface area (Å²) < 4.78 is 1.84. The van der Waals surface area contributed by atoms with Crippen LogP contribution in [0.2, 0.25) is 0 Å². The Morgan fingerprint density at radius 2 is 1.91 bits per heavy atom. The van der Waals surface area contributed by atoms with Crippen LogP contribution in [0.4, 0.5) is 0 Å². The third-order valence-electron chi connectivity index (χ3n) is 4.91. The number of aliphatic carboxylic acids is 1. The highest BCUT2D eigenvalue weighted by Crippen LogP contribution is 2.19. The molecule has 3 heterocycles. The summed E-state index contributed by atoms with van der Waals surface area (Å²) in [5, 5.41) is 9.35. The minimum atomic E-state index is -0.736. The van der Waals surface area contributed by atoms with Crippen LogP contribution >= 0.6 is 0 Å². The summed E-state index contributed by atoms with van der Waals surface area (Å²) in [6.07, 6.45) is 1.88. The van der Waals surface area contributed by atoms with Gasteiger partial charge >= 0.3 is 5.97 Å². The normalized spacial score (nSPS) is 26.6. The molecule has 2 aliphatic rings. The molecule has 1 amide bonds. The largest absolute Gasteiger partial charge is 0.481 e. The van der Waals surface area contributed by atoms with Crippen molar-refractivity contribution in [1.29, 1.82) is 0 Å². The van der Waals surface area contributed by atoms with Gasteiger partial charge in [0, 0.05) is 58.6 Å². The SMILES string of the molecule is CN1C[C@H](C(=O)O)CN2CCN(C(=O)c3cccn3C)C[C@H]2C1. The second-order valence-corrected chi connectivity index (χ2v) is 6.66. The standard InChI is InChI=1S/C16H24N4O3/c1-17-8-12(16(22)23)9-19-6-7-20(11-13(19)10-17)15(21)14-4-3-5-18(14)2/h3-5,12-13H,6-11H2,1-2H3,(H,22,23)/t12-,13+/m0/s1. The summed E-state index contributed by atoms with van der Waals surface area (Å²) in [6.45, 7) is 3.96. The molecule has 2 fully saturated rings. The van der Waals surface area contributed by atoms with Crippen LogP contribution in [-0.2, 0) is 11.8 Å². The summed E-state index contributed by atoms with van der Waals surface area (Å²) in [6, 6.07) is 3.91. The second kappa shape index (κ2) is 6.33. The van der Waals surface area contributed by atoms with Crippen LogP contribution in [0.3, 0.4) is 0 Å². The zero-order valence-electron chi connectivity index (χ0n) is 13.7. The number of piperazine rings is 1. The number of fused-ring (bicyclic) bond motifs is 1. The maximum Gasteiger partial charge on any atom is 0.309 e.